The zero-order chi connectivity index (χ0) is 22.7. The monoisotopic (exact) mass is 523 g/mol. The molecule has 2 aromatic heterocycles. The first-order valence-electron chi connectivity index (χ1n) is 10.8. The fourth-order valence-corrected chi connectivity index (χ4v) is 6.08. The van der Waals surface area contributed by atoms with Crippen LogP contribution in [0.1, 0.15) is 30.4 Å². The van der Waals surface area contributed by atoms with Crippen LogP contribution in [0.25, 0.3) is 20.3 Å². The molecule has 0 spiro atoms. The number of likely N-dealkylation sites (N-methyl/N-ethyl adjacent to an activating group) is 1. The highest BCUT2D eigenvalue weighted by molar-refractivity contribution is 7.23. The molecular formula is C24H27Cl2N3O2S2. The molecule has 0 saturated carbocycles. The lowest BCUT2D eigenvalue weighted by atomic mass is 10.2. The molecule has 0 aliphatic carbocycles. The Balaban J connectivity index is 0.00000306. The molecule has 0 unspecified atom stereocenters. The fraction of sp³-hybridized carbons (Fsp3) is 0.333. The molecule has 0 saturated heterocycles. The molecule has 4 rings (SSSR count). The largest absolute Gasteiger partial charge is 0.494 e. The van der Waals surface area contributed by atoms with Crippen LogP contribution in [-0.4, -0.2) is 48.6 Å². The van der Waals surface area contributed by atoms with Crippen LogP contribution in [0, 0.1) is 0 Å². The Morgan fingerprint density at radius 2 is 1.79 bits per heavy atom. The van der Waals surface area contributed by atoms with Crippen molar-refractivity contribution in [3.05, 3.63) is 52.4 Å². The highest BCUT2D eigenvalue weighted by Crippen LogP contribution is 2.38. The van der Waals surface area contributed by atoms with Gasteiger partial charge in [-0.3, -0.25) is 9.69 Å². The van der Waals surface area contributed by atoms with Crippen molar-refractivity contribution < 1.29 is 9.53 Å². The second-order valence-corrected chi connectivity index (χ2v) is 9.72. The van der Waals surface area contributed by atoms with Crippen LogP contribution in [0.3, 0.4) is 0 Å². The minimum absolute atomic E-state index is 0. The van der Waals surface area contributed by atoms with Crippen LogP contribution in [0.5, 0.6) is 5.75 Å². The van der Waals surface area contributed by atoms with Gasteiger partial charge in [-0.25, -0.2) is 4.98 Å². The van der Waals surface area contributed by atoms with Crippen LogP contribution in [-0.2, 0) is 0 Å². The Kier molecular flexibility index (Phi) is 8.95. The highest BCUT2D eigenvalue weighted by atomic mass is 35.5. The number of halogens is 2. The van der Waals surface area contributed by atoms with Crippen LogP contribution in [0.15, 0.2) is 42.5 Å². The minimum atomic E-state index is -0.104. The number of nitrogens with zero attached hydrogens (tertiary/aromatic N) is 3. The van der Waals surface area contributed by atoms with Crippen molar-refractivity contribution in [1.29, 1.82) is 0 Å². The zero-order valence-electron chi connectivity index (χ0n) is 18.8. The molecule has 0 radical (unpaired) electrons. The van der Waals surface area contributed by atoms with Gasteiger partial charge in [0, 0.05) is 23.2 Å². The van der Waals surface area contributed by atoms with Crippen LogP contribution in [0.2, 0.25) is 5.02 Å². The van der Waals surface area contributed by atoms with Crippen molar-refractivity contribution in [1.82, 2.24) is 9.88 Å². The van der Waals surface area contributed by atoms with E-state index < -0.39 is 0 Å². The lowest BCUT2D eigenvalue weighted by Gasteiger charge is -2.24. The van der Waals surface area contributed by atoms with E-state index in [4.69, 9.17) is 21.3 Å². The Labute approximate surface area is 213 Å². The first-order valence-corrected chi connectivity index (χ1v) is 12.8. The van der Waals surface area contributed by atoms with E-state index in [-0.39, 0.29) is 18.3 Å². The third kappa shape index (κ3) is 5.44. The Hall–Kier alpha value is -1.90. The van der Waals surface area contributed by atoms with Gasteiger partial charge in [-0.15, -0.1) is 23.7 Å². The van der Waals surface area contributed by atoms with Gasteiger partial charge < -0.3 is 9.64 Å². The number of thiophene rings is 1. The number of aromatic nitrogens is 1. The summed E-state index contributed by atoms with van der Waals surface area (Å²) in [6.45, 7) is 10.0. The summed E-state index contributed by atoms with van der Waals surface area (Å²) < 4.78 is 7.64. The maximum atomic E-state index is 13.7. The van der Waals surface area contributed by atoms with E-state index in [0.717, 1.165) is 45.7 Å². The molecule has 33 heavy (non-hydrogen) atoms. The van der Waals surface area contributed by atoms with E-state index in [1.807, 2.05) is 49.4 Å². The fourth-order valence-electron chi connectivity index (χ4n) is 3.60. The molecule has 0 bridgehead atoms. The zero-order valence-corrected chi connectivity index (χ0v) is 22.0. The first kappa shape index (κ1) is 25.7. The van der Waals surface area contributed by atoms with Crippen molar-refractivity contribution in [2.24, 2.45) is 0 Å². The Morgan fingerprint density at radius 3 is 2.48 bits per heavy atom. The van der Waals surface area contributed by atoms with E-state index in [1.165, 1.54) is 22.7 Å². The van der Waals surface area contributed by atoms with Crippen molar-refractivity contribution in [2.75, 3.05) is 37.7 Å². The van der Waals surface area contributed by atoms with Crippen molar-refractivity contribution in [3.8, 4) is 5.75 Å². The number of anilines is 1. The maximum Gasteiger partial charge on any atom is 0.271 e. The molecule has 9 heteroatoms. The third-order valence-corrected chi connectivity index (χ3v) is 8.10. The van der Waals surface area contributed by atoms with Crippen LogP contribution in [0.4, 0.5) is 5.13 Å². The van der Waals surface area contributed by atoms with Gasteiger partial charge in [-0.05, 0) is 44.3 Å². The summed E-state index contributed by atoms with van der Waals surface area (Å²) in [5.74, 6) is 0.705. The number of amides is 1. The number of rotatable bonds is 9. The van der Waals surface area contributed by atoms with Crippen LogP contribution >= 0.6 is 46.7 Å². The van der Waals surface area contributed by atoms with E-state index in [0.29, 0.717) is 28.2 Å². The number of fused-ring (bicyclic) bond motifs is 2. The van der Waals surface area contributed by atoms with Crippen molar-refractivity contribution in [2.45, 2.75) is 20.8 Å². The quantitative estimate of drug-likeness (QED) is 0.237. The molecular weight excluding hydrogens is 497 g/mol. The van der Waals surface area contributed by atoms with Crippen LogP contribution < -0.4 is 9.64 Å². The number of carbonyl (C=O) groups is 1. The molecule has 2 heterocycles. The lowest BCUT2D eigenvalue weighted by molar-refractivity contribution is 0.0988. The van der Waals surface area contributed by atoms with Crippen molar-refractivity contribution >= 4 is 78.0 Å². The number of carbonyl (C=O) groups excluding carboxylic acids is 1. The molecule has 0 atom stereocenters. The molecule has 0 fully saturated rings. The molecule has 0 aliphatic heterocycles. The summed E-state index contributed by atoms with van der Waals surface area (Å²) in [5.41, 5.74) is 0.858. The van der Waals surface area contributed by atoms with Gasteiger partial charge >= 0.3 is 0 Å². The number of ether oxygens (including phenoxy) is 1. The summed E-state index contributed by atoms with van der Waals surface area (Å²) in [4.78, 5) is 23.2. The average Bonchev–Trinajstić information content (AvgIpc) is 3.37. The Morgan fingerprint density at radius 1 is 1.03 bits per heavy atom. The van der Waals surface area contributed by atoms with E-state index in [2.05, 4.69) is 18.7 Å². The first-order chi connectivity index (χ1) is 15.5. The number of hydrogen-bond donors (Lipinski definition) is 0. The second kappa shape index (κ2) is 11.5. The molecule has 2 aromatic carbocycles. The Bertz CT molecular complexity index is 1240. The number of benzene rings is 2. The number of thiazole rings is 1. The van der Waals surface area contributed by atoms with E-state index >= 15 is 0 Å². The summed E-state index contributed by atoms with van der Waals surface area (Å²) in [6, 6.07) is 13.7. The van der Waals surface area contributed by atoms with Gasteiger partial charge in [0.15, 0.2) is 5.13 Å². The summed E-state index contributed by atoms with van der Waals surface area (Å²) in [5, 5.41) is 2.11. The normalized spacial score (nSPS) is 11.2. The maximum absolute atomic E-state index is 13.7. The third-order valence-electron chi connectivity index (χ3n) is 5.40. The molecule has 0 N–H and O–H groups in total. The standard InChI is InChI=1S/C24H26ClN3O2S2.ClH/c1-4-27(5-2)13-14-28(23(29)22-21(25)17-9-7-8-10-19(17)31-22)24-26-18-12-11-16(30-6-3)15-20(18)32-24;/h7-12,15H,4-6,13-14H2,1-3H3;1H. The van der Waals surface area contributed by atoms with Gasteiger partial charge in [0.25, 0.3) is 5.91 Å². The average molecular weight is 525 g/mol. The van der Waals surface area contributed by atoms with Gasteiger partial charge in [-0.2, -0.15) is 0 Å². The summed E-state index contributed by atoms with van der Waals surface area (Å²) in [6.07, 6.45) is 0. The molecule has 1 amide bonds. The van der Waals surface area contributed by atoms with E-state index in [1.54, 1.807) is 4.90 Å². The van der Waals surface area contributed by atoms with Gasteiger partial charge in [0.2, 0.25) is 0 Å². The summed E-state index contributed by atoms with van der Waals surface area (Å²) in [7, 11) is 0. The second-order valence-electron chi connectivity index (χ2n) is 7.28. The van der Waals surface area contributed by atoms with Gasteiger partial charge in [0.1, 0.15) is 10.6 Å². The van der Waals surface area contributed by atoms with E-state index in [9.17, 15) is 4.79 Å². The number of hydrogen-bond acceptors (Lipinski definition) is 6. The topological polar surface area (TPSA) is 45.7 Å². The highest BCUT2D eigenvalue weighted by Gasteiger charge is 2.26. The predicted molar refractivity (Wildman–Crippen MR) is 144 cm³/mol. The minimum Gasteiger partial charge on any atom is -0.494 e. The molecule has 4 aromatic rings. The predicted octanol–water partition coefficient (Wildman–Crippen LogP) is 6.97. The van der Waals surface area contributed by atoms with Crippen molar-refractivity contribution in [3.63, 3.8) is 0 Å². The SMILES string of the molecule is CCOc1ccc2nc(N(CCN(CC)CC)C(=O)c3sc4ccccc4c3Cl)sc2c1.Cl. The smallest absolute Gasteiger partial charge is 0.271 e. The molecule has 0 aliphatic rings. The van der Waals surface area contributed by atoms with Gasteiger partial charge in [0.05, 0.1) is 21.8 Å². The summed E-state index contributed by atoms with van der Waals surface area (Å²) >= 11 is 9.60. The molecule has 5 nitrogen and oxygen atoms in total. The van der Waals surface area contributed by atoms with Gasteiger partial charge in [-0.1, -0.05) is 55.0 Å². The molecule has 176 valence electrons. The lowest BCUT2D eigenvalue weighted by Crippen LogP contribution is -2.38.